The predicted octanol–water partition coefficient (Wildman–Crippen LogP) is 4.13. The molecule has 4 nitrogen and oxygen atoms in total. The fourth-order valence-corrected chi connectivity index (χ4v) is 2.16. The second-order valence-electron chi connectivity index (χ2n) is 4.37. The first-order chi connectivity index (χ1) is 10.2. The molecule has 2 aromatic heterocycles. The molecule has 5 heteroatoms. The van der Waals surface area contributed by atoms with Gasteiger partial charge in [-0.3, -0.25) is 9.78 Å². The molecule has 1 amide bonds. The number of amides is 1. The van der Waals surface area contributed by atoms with Crippen LogP contribution in [-0.2, 0) is 4.79 Å². The van der Waals surface area contributed by atoms with E-state index in [9.17, 15) is 4.79 Å². The molecular weight excluding hydrogens is 288 g/mol. The van der Waals surface area contributed by atoms with E-state index in [1.807, 2.05) is 12.1 Å². The van der Waals surface area contributed by atoms with E-state index in [1.165, 1.54) is 12.3 Å². The molecule has 0 saturated heterocycles. The fraction of sp³-hybridized carbons (Fsp3) is 0. The van der Waals surface area contributed by atoms with E-state index >= 15 is 0 Å². The second kappa shape index (κ2) is 5.81. The molecule has 0 saturated carbocycles. The summed E-state index contributed by atoms with van der Waals surface area (Å²) in [6.45, 7) is 0. The lowest BCUT2D eigenvalue weighted by Gasteiger charge is -2.03. The van der Waals surface area contributed by atoms with Crippen molar-refractivity contribution < 1.29 is 9.21 Å². The largest absolute Gasteiger partial charge is 0.462 e. The number of anilines is 1. The van der Waals surface area contributed by atoms with Gasteiger partial charge in [-0.15, -0.1) is 0 Å². The number of pyridine rings is 1. The molecule has 0 spiro atoms. The summed E-state index contributed by atoms with van der Waals surface area (Å²) in [5, 5.41) is 4.12. The molecule has 0 radical (unpaired) electrons. The number of carbonyl (C=O) groups is 1. The molecule has 1 aromatic carbocycles. The van der Waals surface area contributed by atoms with Crippen molar-refractivity contribution in [1.29, 1.82) is 0 Å². The lowest BCUT2D eigenvalue weighted by atomic mass is 10.2. The molecule has 2 heterocycles. The standard InChI is InChI=1S/C16H11ClN2O2/c17-13-4-5-14(16-12(13)7-9-21-16)19-15(20)6-3-11-2-1-8-18-10-11/h1-10H,(H,19,20)/b6-3+. The van der Waals surface area contributed by atoms with Gasteiger partial charge in [-0.1, -0.05) is 17.7 Å². The highest BCUT2D eigenvalue weighted by atomic mass is 35.5. The maximum atomic E-state index is 11.9. The summed E-state index contributed by atoms with van der Waals surface area (Å²) in [5.74, 6) is -0.251. The number of furan rings is 1. The van der Waals surface area contributed by atoms with Crippen molar-refractivity contribution in [2.75, 3.05) is 5.32 Å². The van der Waals surface area contributed by atoms with Crippen molar-refractivity contribution in [3.05, 3.63) is 65.7 Å². The Kier molecular flexibility index (Phi) is 3.71. The van der Waals surface area contributed by atoms with Crippen LogP contribution in [0, 0.1) is 0 Å². The van der Waals surface area contributed by atoms with E-state index in [0.717, 1.165) is 10.9 Å². The predicted molar refractivity (Wildman–Crippen MR) is 83.1 cm³/mol. The normalized spacial score (nSPS) is 11.1. The summed E-state index contributed by atoms with van der Waals surface area (Å²) in [4.78, 5) is 15.9. The fourth-order valence-electron chi connectivity index (χ4n) is 1.95. The number of aromatic nitrogens is 1. The summed E-state index contributed by atoms with van der Waals surface area (Å²) in [6.07, 6.45) is 8.03. The summed E-state index contributed by atoms with van der Waals surface area (Å²) in [7, 11) is 0. The van der Waals surface area contributed by atoms with Gasteiger partial charge < -0.3 is 9.73 Å². The van der Waals surface area contributed by atoms with Gasteiger partial charge in [-0.2, -0.15) is 0 Å². The van der Waals surface area contributed by atoms with Crippen molar-refractivity contribution in [1.82, 2.24) is 4.98 Å². The van der Waals surface area contributed by atoms with E-state index in [2.05, 4.69) is 10.3 Å². The third kappa shape index (κ3) is 2.95. The minimum Gasteiger partial charge on any atom is -0.462 e. The van der Waals surface area contributed by atoms with Gasteiger partial charge in [-0.05, 0) is 35.9 Å². The van der Waals surface area contributed by atoms with Crippen LogP contribution in [0.15, 0.2) is 59.5 Å². The van der Waals surface area contributed by atoms with E-state index in [1.54, 1.807) is 36.7 Å². The Morgan fingerprint density at radius 1 is 1.29 bits per heavy atom. The summed E-state index contributed by atoms with van der Waals surface area (Å²) in [5.41, 5.74) is 2.00. The summed E-state index contributed by atoms with van der Waals surface area (Å²) in [6, 6.07) is 8.87. The third-order valence-corrected chi connectivity index (χ3v) is 3.26. The van der Waals surface area contributed by atoms with Gasteiger partial charge in [0.2, 0.25) is 5.91 Å². The van der Waals surface area contributed by atoms with Crippen molar-refractivity contribution in [3.63, 3.8) is 0 Å². The molecule has 21 heavy (non-hydrogen) atoms. The van der Waals surface area contributed by atoms with Gasteiger partial charge in [0.25, 0.3) is 0 Å². The SMILES string of the molecule is O=C(/C=C/c1cccnc1)Nc1ccc(Cl)c2ccoc12. The number of benzene rings is 1. The van der Waals surface area contributed by atoms with E-state index in [-0.39, 0.29) is 5.91 Å². The zero-order valence-corrected chi connectivity index (χ0v) is 11.7. The van der Waals surface area contributed by atoms with Crippen LogP contribution >= 0.6 is 11.6 Å². The first-order valence-electron chi connectivity index (χ1n) is 6.29. The van der Waals surface area contributed by atoms with Crippen LogP contribution in [0.25, 0.3) is 17.0 Å². The van der Waals surface area contributed by atoms with Crippen molar-refractivity contribution >= 4 is 40.2 Å². The van der Waals surface area contributed by atoms with Crippen LogP contribution in [0.2, 0.25) is 5.02 Å². The van der Waals surface area contributed by atoms with Crippen LogP contribution in [0.3, 0.4) is 0 Å². The number of fused-ring (bicyclic) bond motifs is 1. The van der Waals surface area contributed by atoms with Crippen LogP contribution in [0.5, 0.6) is 0 Å². The highest BCUT2D eigenvalue weighted by molar-refractivity contribution is 6.35. The number of halogens is 1. The number of nitrogens with zero attached hydrogens (tertiary/aromatic N) is 1. The molecule has 104 valence electrons. The highest BCUT2D eigenvalue weighted by Crippen LogP contribution is 2.30. The van der Waals surface area contributed by atoms with Crippen molar-refractivity contribution in [2.24, 2.45) is 0 Å². The van der Waals surface area contributed by atoms with E-state index < -0.39 is 0 Å². The molecule has 0 aliphatic rings. The molecule has 0 atom stereocenters. The van der Waals surface area contributed by atoms with E-state index in [4.69, 9.17) is 16.0 Å². The van der Waals surface area contributed by atoms with Crippen molar-refractivity contribution in [2.45, 2.75) is 0 Å². The monoisotopic (exact) mass is 298 g/mol. The lowest BCUT2D eigenvalue weighted by molar-refractivity contribution is -0.111. The zero-order chi connectivity index (χ0) is 14.7. The number of carbonyl (C=O) groups excluding carboxylic acids is 1. The Labute approximate surface area is 126 Å². The van der Waals surface area contributed by atoms with Crippen LogP contribution in [0.1, 0.15) is 5.56 Å². The average Bonchev–Trinajstić information content (AvgIpc) is 3.00. The minimum absolute atomic E-state index is 0.251. The van der Waals surface area contributed by atoms with Gasteiger partial charge in [-0.25, -0.2) is 0 Å². The lowest BCUT2D eigenvalue weighted by Crippen LogP contribution is -2.07. The molecule has 0 unspecified atom stereocenters. The molecule has 0 aliphatic carbocycles. The van der Waals surface area contributed by atoms with Gasteiger partial charge in [0.1, 0.15) is 0 Å². The Hall–Kier alpha value is -2.59. The van der Waals surface area contributed by atoms with Crippen LogP contribution in [-0.4, -0.2) is 10.9 Å². The number of rotatable bonds is 3. The molecule has 1 N–H and O–H groups in total. The quantitative estimate of drug-likeness (QED) is 0.740. The molecule has 0 fully saturated rings. The summed E-state index contributed by atoms with van der Waals surface area (Å²) >= 11 is 6.05. The number of hydrogen-bond acceptors (Lipinski definition) is 3. The zero-order valence-electron chi connectivity index (χ0n) is 10.9. The molecule has 0 aliphatic heterocycles. The first-order valence-corrected chi connectivity index (χ1v) is 6.66. The third-order valence-electron chi connectivity index (χ3n) is 2.93. The average molecular weight is 299 g/mol. The number of hydrogen-bond donors (Lipinski definition) is 1. The Morgan fingerprint density at radius 2 is 2.19 bits per heavy atom. The smallest absolute Gasteiger partial charge is 0.248 e. The number of nitrogens with one attached hydrogen (secondary N) is 1. The highest BCUT2D eigenvalue weighted by Gasteiger charge is 2.09. The van der Waals surface area contributed by atoms with Crippen LogP contribution in [0.4, 0.5) is 5.69 Å². The maximum Gasteiger partial charge on any atom is 0.248 e. The maximum absolute atomic E-state index is 11.9. The van der Waals surface area contributed by atoms with Gasteiger partial charge in [0.05, 0.1) is 17.0 Å². The van der Waals surface area contributed by atoms with Crippen LogP contribution < -0.4 is 5.32 Å². The molecule has 0 bridgehead atoms. The molecule has 3 rings (SSSR count). The Bertz CT molecular complexity index is 810. The topological polar surface area (TPSA) is 55.1 Å². The van der Waals surface area contributed by atoms with Gasteiger partial charge in [0, 0.05) is 23.9 Å². The first kappa shape index (κ1) is 13.4. The van der Waals surface area contributed by atoms with Crippen molar-refractivity contribution in [3.8, 4) is 0 Å². The molecule has 3 aromatic rings. The minimum atomic E-state index is -0.251. The van der Waals surface area contributed by atoms with E-state index in [0.29, 0.717) is 16.3 Å². The second-order valence-corrected chi connectivity index (χ2v) is 4.77. The van der Waals surface area contributed by atoms with Gasteiger partial charge in [0.15, 0.2) is 5.58 Å². The Morgan fingerprint density at radius 3 is 3.00 bits per heavy atom. The molecular formula is C16H11ClN2O2. The van der Waals surface area contributed by atoms with Gasteiger partial charge >= 0.3 is 0 Å². The summed E-state index contributed by atoms with van der Waals surface area (Å²) < 4.78 is 5.36. The Balaban J connectivity index is 1.79.